The van der Waals surface area contributed by atoms with Crippen LogP contribution in [-0.2, 0) is 4.79 Å². The SMILES string of the molecule is CCN(CC(=O)NC(N)=O)C1(CN)CCCC1. The number of imide groups is 1. The van der Waals surface area contributed by atoms with Crippen LogP contribution in [0.2, 0.25) is 0 Å². The third-order valence-electron chi connectivity index (χ3n) is 3.56. The number of carbonyl (C=O) groups excluding carboxylic acids is 2. The predicted octanol–water partition coefficient (Wildman–Crippen LogP) is -0.225. The molecule has 0 aliphatic heterocycles. The largest absolute Gasteiger partial charge is 0.351 e. The molecule has 0 aromatic carbocycles. The number of nitrogens with two attached hydrogens (primary N) is 2. The Morgan fingerprint density at radius 2 is 1.94 bits per heavy atom. The molecule has 1 aliphatic rings. The first-order valence-corrected chi connectivity index (χ1v) is 6.08. The van der Waals surface area contributed by atoms with Crippen LogP contribution in [0.15, 0.2) is 0 Å². The van der Waals surface area contributed by atoms with Gasteiger partial charge in [-0.05, 0) is 19.4 Å². The Morgan fingerprint density at radius 1 is 1.35 bits per heavy atom. The maximum atomic E-state index is 11.5. The van der Waals surface area contributed by atoms with Gasteiger partial charge in [-0.2, -0.15) is 0 Å². The fraction of sp³-hybridized carbons (Fsp3) is 0.818. The van der Waals surface area contributed by atoms with E-state index in [4.69, 9.17) is 11.5 Å². The lowest BCUT2D eigenvalue weighted by molar-refractivity contribution is -0.122. The summed E-state index contributed by atoms with van der Waals surface area (Å²) in [5.74, 6) is -0.362. The number of hydrogen-bond acceptors (Lipinski definition) is 4. The number of carbonyl (C=O) groups is 2. The zero-order chi connectivity index (χ0) is 12.9. The van der Waals surface area contributed by atoms with Crippen molar-refractivity contribution in [3.8, 4) is 0 Å². The van der Waals surface area contributed by atoms with Crippen LogP contribution in [0.3, 0.4) is 0 Å². The van der Waals surface area contributed by atoms with Gasteiger partial charge in [-0.25, -0.2) is 4.79 Å². The lowest BCUT2D eigenvalue weighted by atomic mass is 9.95. The van der Waals surface area contributed by atoms with Crippen LogP contribution in [0.5, 0.6) is 0 Å². The fourth-order valence-corrected chi connectivity index (χ4v) is 2.65. The van der Waals surface area contributed by atoms with Crippen molar-refractivity contribution in [3.05, 3.63) is 0 Å². The molecule has 0 aromatic rings. The van der Waals surface area contributed by atoms with Gasteiger partial charge in [0.25, 0.3) is 0 Å². The van der Waals surface area contributed by atoms with Gasteiger partial charge in [0.2, 0.25) is 5.91 Å². The number of nitrogens with one attached hydrogen (secondary N) is 1. The number of urea groups is 1. The van der Waals surface area contributed by atoms with Crippen LogP contribution in [0.25, 0.3) is 0 Å². The lowest BCUT2D eigenvalue weighted by Crippen LogP contribution is -2.55. The van der Waals surface area contributed by atoms with E-state index < -0.39 is 6.03 Å². The molecule has 0 unspecified atom stereocenters. The van der Waals surface area contributed by atoms with Crippen molar-refractivity contribution in [3.63, 3.8) is 0 Å². The van der Waals surface area contributed by atoms with Gasteiger partial charge in [0.15, 0.2) is 0 Å². The van der Waals surface area contributed by atoms with E-state index in [0.29, 0.717) is 6.54 Å². The Morgan fingerprint density at radius 3 is 2.35 bits per heavy atom. The molecule has 0 radical (unpaired) electrons. The molecule has 1 fully saturated rings. The van der Waals surface area contributed by atoms with Gasteiger partial charge in [0.05, 0.1) is 6.54 Å². The summed E-state index contributed by atoms with van der Waals surface area (Å²) >= 11 is 0. The summed E-state index contributed by atoms with van der Waals surface area (Å²) in [7, 11) is 0. The molecule has 17 heavy (non-hydrogen) atoms. The molecule has 0 bridgehead atoms. The van der Waals surface area contributed by atoms with Crippen molar-refractivity contribution in [2.24, 2.45) is 11.5 Å². The first kappa shape index (κ1) is 13.9. The van der Waals surface area contributed by atoms with E-state index in [1.165, 1.54) is 0 Å². The van der Waals surface area contributed by atoms with Crippen molar-refractivity contribution in [1.82, 2.24) is 10.2 Å². The summed E-state index contributed by atoms with van der Waals surface area (Å²) in [6.07, 6.45) is 4.32. The number of primary amides is 1. The second-order valence-corrected chi connectivity index (χ2v) is 4.56. The summed E-state index contributed by atoms with van der Waals surface area (Å²) in [5, 5.41) is 2.09. The highest BCUT2D eigenvalue weighted by atomic mass is 16.2. The van der Waals surface area contributed by atoms with Crippen LogP contribution < -0.4 is 16.8 Å². The van der Waals surface area contributed by atoms with Crippen LogP contribution in [0, 0.1) is 0 Å². The van der Waals surface area contributed by atoms with E-state index >= 15 is 0 Å². The van der Waals surface area contributed by atoms with Crippen LogP contribution in [-0.4, -0.2) is 42.0 Å². The molecule has 98 valence electrons. The van der Waals surface area contributed by atoms with Gasteiger partial charge in [-0.3, -0.25) is 15.0 Å². The molecular formula is C11H22N4O2. The molecule has 0 spiro atoms. The summed E-state index contributed by atoms with van der Waals surface area (Å²) in [4.78, 5) is 24.2. The van der Waals surface area contributed by atoms with Crippen molar-refractivity contribution < 1.29 is 9.59 Å². The highest BCUT2D eigenvalue weighted by molar-refractivity contribution is 5.94. The molecule has 3 amide bonds. The zero-order valence-electron chi connectivity index (χ0n) is 10.4. The molecule has 0 heterocycles. The van der Waals surface area contributed by atoms with Crippen LogP contribution in [0.4, 0.5) is 4.79 Å². The Kier molecular flexibility index (Phi) is 4.89. The van der Waals surface area contributed by atoms with Gasteiger partial charge >= 0.3 is 6.03 Å². The molecular weight excluding hydrogens is 220 g/mol. The molecule has 0 atom stereocenters. The summed E-state index contributed by atoms with van der Waals surface area (Å²) in [6, 6.07) is -0.806. The Labute approximate surface area is 102 Å². The standard InChI is InChI=1S/C11H22N4O2/c1-2-15(7-9(16)14-10(13)17)11(8-12)5-3-4-6-11/h2-8,12H2,1H3,(H3,13,14,16,17). The molecule has 1 aliphatic carbocycles. The highest BCUT2D eigenvalue weighted by Crippen LogP contribution is 2.34. The molecule has 6 nitrogen and oxygen atoms in total. The molecule has 1 saturated carbocycles. The van der Waals surface area contributed by atoms with E-state index in [1.54, 1.807) is 0 Å². The molecule has 0 saturated heterocycles. The minimum atomic E-state index is -0.806. The van der Waals surface area contributed by atoms with Gasteiger partial charge in [-0.15, -0.1) is 0 Å². The normalized spacial score (nSPS) is 18.3. The predicted molar refractivity (Wildman–Crippen MR) is 65.2 cm³/mol. The quantitative estimate of drug-likeness (QED) is 0.620. The fourth-order valence-electron chi connectivity index (χ4n) is 2.65. The Balaban J connectivity index is 2.63. The molecule has 5 N–H and O–H groups in total. The lowest BCUT2D eigenvalue weighted by Gasteiger charge is -2.39. The van der Waals surface area contributed by atoms with Crippen molar-refractivity contribution in [2.75, 3.05) is 19.6 Å². The highest BCUT2D eigenvalue weighted by Gasteiger charge is 2.38. The summed E-state index contributed by atoms with van der Waals surface area (Å²) < 4.78 is 0. The number of nitrogens with zero attached hydrogens (tertiary/aromatic N) is 1. The number of hydrogen-bond donors (Lipinski definition) is 3. The monoisotopic (exact) mass is 242 g/mol. The maximum Gasteiger partial charge on any atom is 0.318 e. The summed E-state index contributed by atoms with van der Waals surface area (Å²) in [5.41, 5.74) is 10.7. The van der Waals surface area contributed by atoms with Gasteiger partial charge < -0.3 is 11.5 Å². The molecule has 1 rings (SSSR count). The Bertz CT molecular complexity index is 287. The third-order valence-corrected chi connectivity index (χ3v) is 3.56. The van der Waals surface area contributed by atoms with Crippen molar-refractivity contribution in [2.45, 2.75) is 38.1 Å². The van der Waals surface area contributed by atoms with Gasteiger partial charge in [-0.1, -0.05) is 19.8 Å². The topological polar surface area (TPSA) is 101 Å². The van der Waals surface area contributed by atoms with Crippen molar-refractivity contribution in [1.29, 1.82) is 0 Å². The molecule has 0 aromatic heterocycles. The second kappa shape index (κ2) is 5.97. The van der Waals surface area contributed by atoms with E-state index in [-0.39, 0.29) is 18.0 Å². The average molecular weight is 242 g/mol. The number of rotatable bonds is 5. The van der Waals surface area contributed by atoms with E-state index in [0.717, 1.165) is 32.2 Å². The number of likely N-dealkylation sites (N-methyl/N-ethyl adjacent to an activating group) is 1. The van der Waals surface area contributed by atoms with Gasteiger partial charge in [0, 0.05) is 12.1 Å². The van der Waals surface area contributed by atoms with Crippen LogP contribution >= 0.6 is 0 Å². The smallest absolute Gasteiger partial charge is 0.318 e. The van der Waals surface area contributed by atoms with Gasteiger partial charge in [0.1, 0.15) is 0 Å². The first-order chi connectivity index (χ1) is 8.04. The summed E-state index contributed by atoms with van der Waals surface area (Å²) in [6.45, 7) is 3.46. The van der Waals surface area contributed by atoms with E-state index in [9.17, 15) is 9.59 Å². The molecule has 6 heteroatoms. The second-order valence-electron chi connectivity index (χ2n) is 4.56. The van der Waals surface area contributed by atoms with E-state index in [1.807, 2.05) is 6.92 Å². The minimum Gasteiger partial charge on any atom is -0.351 e. The van der Waals surface area contributed by atoms with Crippen molar-refractivity contribution >= 4 is 11.9 Å². The Hall–Kier alpha value is -1.14. The van der Waals surface area contributed by atoms with E-state index in [2.05, 4.69) is 10.2 Å². The maximum absolute atomic E-state index is 11.5. The average Bonchev–Trinajstić information content (AvgIpc) is 2.74. The third kappa shape index (κ3) is 3.41. The number of amides is 3. The first-order valence-electron chi connectivity index (χ1n) is 6.08. The zero-order valence-corrected chi connectivity index (χ0v) is 10.4. The minimum absolute atomic E-state index is 0.0796. The van der Waals surface area contributed by atoms with Crippen LogP contribution in [0.1, 0.15) is 32.6 Å².